The zero-order valence-electron chi connectivity index (χ0n) is 14.5. The molecule has 0 aliphatic heterocycles. The molecule has 138 valence electrons. The Morgan fingerprint density at radius 3 is 2.52 bits per heavy atom. The number of hydrogen-bond donors (Lipinski definition) is 3. The highest BCUT2D eigenvalue weighted by Crippen LogP contribution is 2.24. The van der Waals surface area contributed by atoms with Gasteiger partial charge in [0.05, 0.1) is 17.9 Å². The highest BCUT2D eigenvalue weighted by atomic mass is 16.5. The average Bonchev–Trinajstić information content (AvgIpc) is 2.66. The van der Waals surface area contributed by atoms with E-state index >= 15 is 0 Å². The van der Waals surface area contributed by atoms with Crippen molar-refractivity contribution >= 4 is 28.3 Å². The Balaban J connectivity index is 1.49. The normalized spacial score (nSPS) is 10.5. The summed E-state index contributed by atoms with van der Waals surface area (Å²) in [4.78, 5) is 23.0. The Hall–Kier alpha value is -3.54. The van der Waals surface area contributed by atoms with Crippen LogP contribution in [0.1, 0.15) is 23.2 Å². The third-order valence-corrected chi connectivity index (χ3v) is 4.06. The number of ether oxygens (including phenoxy) is 1. The van der Waals surface area contributed by atoms with Crippen LogP contribution in [0.25, 0.3) is 10.8 Å². The fourth-order valence-corrected chi connectivity index (χ4v) is 2.66. The maximum absolute atomic E-state index is 12.0. The van der Waals surface area contributed by atoms with Crippen molar-refractivity contribution in [2.75, 3.05) is 11.9 Å². The van der Waals surface area contributed by atoms with Crippen molar-refractivity contribution in [3.8, 4) is 11.5 Å². The number of rotatable bonds is 7. The SMILES string of the molecule is O=C(CCCOc1ccc2ccccc2c1)Nc1cc(C(=O)O)ccc1O. The number of nitrogens with one attached hydrogen (secondary N) is 1. The standard InChI is InChI=1S/C21H19NO5/c23-19-10-8-16(21(25)26)13-18(19)22-20(24)6-3-11-27-17-9-7-14-4-1-2-5-15(14)12-17/h1-2,4-5,7-10,12-13,23H,3,6,11H2,(H,22,24)(H,25,26). The van der Waals surface area contributed by atoms with E-state index in [9.17, 15) is 14.7 Å². The topological polar surface area (TPSA) is 95.9 Å². The fraction of sp³-hybridized carbons (Fsp3) is 0.143. The number of phenolic OH excluding ortho intramolecular Hbond substituents is 1. The smallest absolute Gasteiger partial charge is 0.335 e. The van der Waals surface area contributed by atoms with Crippen LogP contribution in [0.4, 0.5) is 5.69 Å². The number of phenols is 1. The molecule has 0 heterocycles. The largest absolute Gasteiger partial charge is 0.506 e. The summed E-state index contributed by atoms with van der Waals surface area (Å²) in [7, 11) is 0. The Kier molecular flexibility index (Phi) is 5.56. The number of aromatic hydroxyl groups is 1. The molecule has 3 aromatic carbocycles. The molecule has 3 rings (SSSR count). The second kappa shape index (κ2) is 8.23. The van der Waals surface area contributed by atoms with Crippen molar-refractivity contribution in [3.05, 3.63) is 66.2 Å². The lowest BCUT2D eigenvalue weighted by atomic mass is 10.1. The van der Waals surface area contributed by atoms with Gasteiger partial charge in [-0.05, 0) is 47.5 Å². The van der Waals surface area contributed by atoms with Gasteiger partial charge >= 0.3 is 5.97 Å². The summed E-state index contributed by atoms with van der Waals surface area (Å²) in [5.41, 5.74) is 0.0677. The summed E-state index contributed by atoms with van der Waals surface area (Å²) in [5.74, 6) is -0.897. The number of anilines is 1. The van der Waals surface area contributed by atoms with Crippen molar-refractivity contribution in [3.63, 3.8) is 0 Å². The van der Waals surface area contributed by atoms with E-state index in [1.807, 2.05) is 42.5 Å². The van der Waals surface area contributed by atoms with Gasteiger partial charge in [0.25, 0.3) is 0 Å². The zero-order chi connectivity index (χ0) is 19.2. The molecule has 0 radical (unpaired) electrons. The number of carboxylic acids is 1. The molecule has 0 aromatic heterocycles. The summed E-state index contributed by atoms with van der Waals surface area (Å²) in [6.07, 6.45) is 0.669. The maximum atomic E-state index is 12.0. The van der Waals surface area contributed by atoms with E-state index in [0.717, 1.165) is 16.5 Å². The summed E-state index contributed by atoms with van der Waals surface area (Å²) in [6.45, 7) is 0.368. The Morgan fingerprint density at radius 1 is 0.963 bits per heavy atom. The molecule has 0 bridgehead atoms. The van der Waals surface area contributed by atoms with Crippen LogP contribution in [0.5, 0.6) is 11.5 Å². The molecule has 0 aliphatic rings. The van der Waals surface area contributed by atoms with Crippen molar-refractivity contribution < 1.29 is 24.5 Å². The number of carbonyl (C=O) groups excluding carboxylic acids is 1. The number of amides is 1. The lowest BCUT2D eigenvalue weighted by Gasteiger charge is -2.09. The zero-order valence-corrected chi connectivity index (χ0v) is 14.5. The highest BCUT2D eigenvalue weighted by Gasteiger charge is 2.10. The third kappa shape index (κ3) is 4.76. The van der Waals surface area contributed by atoms with Gasteiger partial charge in [0.15, 0.2) is 0 Å². The highest BCUT2D eigenvalue weighted by molar-refractivity contribution is 5.95. The number of carboxylic acid groups (broad SMARTS) is 1. The second-order valence-corrected chi connectivity index (χ2v) is 6.05. The van der Waals surface area contributed by atoms with Crippen LogP contribution in [-0.2, 0) is 4.79 Å². The summed E-state index contributed by atoms with van der Waals surface area (Å²) in [6, 6.07) is 17.5. The van der Waals surface area contributed by atoms with Gasteiger partial charge in [-0.25, -0.2) is 4.79 Å². The van der Waals surface area contributed by atoms with E-state index in [-0.39, 0.29) is 29.3 Å². The van der Waals surface area contributed by atoms with Crippen molar-refractivity contribution in [2.45, 2.75) is 12.8 Å². The van der Waals surface area contributed by atoms with E-state index in [2.05, 4.69) is 5.32 Å². The summed E-state index contributed by atoms with van der Waals surface area (Å²) < 4.78 is 5.68. The van der Waals surface area contributed by atoms with E-state index in [1.54, 1.807) is 0 Å². The molecule has 1 amide bonds. The number of fused-ring (bicyclic) bond motifs is 1. The van der Waals surface area contributed by atoms with Crippen LogP contribution in [0.3, 0.4) is 0 Å². The molecule has 27 heavy (non-hydrogen) atoms. The monoisotopic (exact) mass is 365 g/mol. The molecule has 3 aromatic rings. The summed E-state index contributed by atoms with van der Waals surface area (Å²) in [5, 5.41) is 23.4. The van der Waals surface area contributed by atoms with Gasteiger partial charge in [0.1, 0.15) is 11.5 Å². The Morgan fingerprint density at radius 2 is 1.74 bits per heavy atom. The number of benzene rings is 3. The van der Waals surface area contributed by atoms with Crippen LogP contribution < -0.4 is 10.1 Å². The first-order valence-corrected chi connectivity index (χ1v) is 8.51. The molecule has 3 N–H and O–H groups in total. The minimum Gasteiger partial charge on any atom is -0.506 e. The molecule has 0 fully saturated rings. The number of hydrogen-bond acceptors (Lipinski definition) is 4. The lowest BCUT2D eigenvalue weighted by molar-refractivity contribution is -0.116. The van der Waals surface area contributed by atoms with Crippen LogP contribution in [0.2, 0.25) is 0 Å². The second-order valence-electron chi connectivity index (χ2n) is 6.05. The summed E-state index contributed by atoms with van der Waals surface area (Å²) >= 11 is 0. The molecule has 0 aliphatic carbocycles. The van der Waals surface area contributed by atoms with Gasteiger partial charge in [-0.3, -0.25) is 4.79 Å². The van der Waals surface area contributed by atoms with Gasteiger partial charge in [-0.15, -0.1) is 0 Å². The van der Waals surface area contributed by atoms with E-state index in [0.29, 0.717) is 13.0 Å². The quantitative estimate of drug-likeness (QED) is 0.434. The number of carbonyl (C=O) groups is 2. The van der Waals surface area contributed by atoms with Crippen LogP contribution in [0, 0.1) is 0 Å². The van der Waals surface area contributed by atoms with Gasteiger partial charge in [0, 0.05) is 6.42 Å². The van der Waals surface area contributed by atoms with Crippen LogP contribution in [-0.4, -0.2) is 28.7 Å². The molecule has 0 saturated carbocycles. The fourth-order valence-electron chi connectivity index (χ4n) is 2.66. The van der Waals surface area contributed by atoms with Crippen LogP contribution >= 0.6 is 0 Å². The average molecular weight is 365 g/mol. The van der Waals surface area contributed by atoms with Crippen molar-refractivity contribution in [2.24, 2.45) is 0 Å². The van der Waals surface area contributed by atoms with Gasteiger partial charge in [-0.2, -0.15) is 0 Å². The Labute approximate surface area is 156 Å². The first kappa shape index (κ1) is 18.3. The predicted molar refractivity (Wildman–Crippen MR) is 102 cm³/mol. The molecule has 6 heteroatoms. The third-order valence-electron chi connectivity index (χ3n) is 4.06. The van der Waals surface area contributed by atoms with Gasteiger partial charge in [-0.1, -0.05) is 30.3 Å². The van der Waals surface area contributed by atoms with E-state index in [4.69, 9.17) is 9.84 Å². The molecule has 0 unspecified atom stereocenters. The number of aromatic carboxylic acids is 1. The first-order valence-electron chi connectivity index (χ1n) is 8.51. The maximum Gasteiger partial charge on any atom is 0.335 e. The van der Waals surface area contributed by atoms with E-state index in [1.165, 1.54) is 18.2 Å². The predicted octanol–water partition coefficient (Wildman–Crippen LogP) is 4.04. The molecule has 0 spiro atoms. The Bertz CT molecular complexity index is 983. The molecule has 0 saturated heterocycles. The van der Waals surface area contributed by atoms with E-state index < -0.39 is 5.97 Å². The minimum atomic E-state index is -1.13. The molecular formula is C21H19NO5. The van der Waals surface area contributed by atoms with Crippen molar-refractivity contribution in [1.82, 2.24) is 0 Å². The van der Waals surface area contributed by atoms with Gasteiger partial charge < -0.3 is 20.3 Å². The first-order chi connectivity index (χ1) is 13.0. The van der Waals surface area contributed by atoms with Gasteiger partial charge in [0.2, 0.25) is 5.91 Å². The molecule has 6 nitrogen and oxygen atoms in total. The minimum absolute atomic E-state index is 0.0114. The molecule has 0 atom stereocenters. The molecular weight excluding hydrogens is 346 g/mol. The van der Waals surface area contributed by atoms with Crippen molar-refractivity contribution in [1.29, 1.82) is 0 Å². The lowest BCUT2D eigenvalue weighted by Crippen LogP contribution is -2.13. The van der Waals surface area contributed by atoms with Crippen LogP contribution in [0.15, 0.2) is 60.7 Å².